The minimum absolute atomic E-state index is 0.00489. The van der Waals surface area contributed by atoms with Gasteiger partial charge in [0, 0.05) is 18.7 Å². The summed E-state index contributed by atoms with van der Waals surface area (Å²) in [5.74, 6) is 0.191. The number of anilines is 1. The number of rotatable bonds is 2. The van der Waals surface area contributed by atoms with Crippen molar-refractivity contribution in [3.05, 3.63) is 45.8 Å². The number of hydrogen-bond donors (Lipinski definition) is 5. The Morgan fingerprint density at radius 3 is 2.71 bits per heavy atom. The number of phosphoric acid groups is 1. The number of alkyl halides is 1. The average Bonchev–Trinajstić information content (AvgIpc) is 3.58. The molecule has 18 nitrogen and oxygen atoms in total. The molecule has 9 atom stereocenters. The van der Waals surface area contributed by atoms with E-state index in [1.54, 1.807) is 4.57 Å². The molecule has 3 aliphatic rings. The van der Waals surface area contributed by atoms with Crippen molar-refractivity contribution in [1.29, 1.82) is 0 Å². The van der Waals surface area contributed by atoms with E-state index in [1.807, 2.05) is 4.98 Å². The van der Waals surface area contributed by atoms with Crippen molar-refractivity contribution >= 4 is 43.3 Å². The highest BCUT2D eigenvalue weighted by Crippen LogP contribution is 2.53. The molecule has 6 rings (SSSR count). The molecule has 3 fully saturated rings. The van der Waals surface area contributed by atoms with Gasteiger partial charge in [0.15, 0.2) is 37.1 Å². The Labute approximate surface area is 233 Å². The number of nitrogens with two attached hydrogens (primary N) is 1. The Morgan fingerprint density at radius 2 is 1.93 bits per heavy atom. The number of phosphoric ester groups is 1. The molecule has 6 heterocycles. The zero-order valence-corrected chi connectivity index (χ0v) is 23.2. The minimum atomic E-state index is -4.83. The van der Waals surface area contributed by atoms with Crippen LogP contribution in [0, 0.1) is 0 Å². The molecule has 22 heteroatoms. The summed E-state index contributed by atoms with van der Waals surface area (Å²) in [6, 6.07) is 0.970. The third-order valence-electron chi connectivity index (χ3n) is 6.66. The molecule has 6 N–H and O–H groups in total. The first-order valence-electron chi connectivity index (χ1n) is 12.0. The second kappa shape index (κ2) is 10.7. The van der Waals surface area contributed by atoms with E-state index >= 15 is 4.39 Å². The SMILES string of the molecule is Nc1ncnc2c1[nH]c[n+]2C1CC2OP(=O)(O)OCC3OC(n4ccc(=O)[nH]c4=O)C(F)C3OP(O)(=S)OCC2O1. The fraction of sp³-hybridized carbons (Fsp3) is 0.526. The number of imidazole rings is 1. The number of nitrogens with zero attached hydrogens (tertiary/aromatic N) is 4. The predicted octanol–water partition coefficient (Wildman–Crippen LogP) is -0.965. The molecule has 0 saturated carbocycles. The Kier molecular flexibility index (Phi) is 7.44. The minimum Gasteiger partial charge on any atom is -0.380 e. The van der Waals surface area contributed by atoms with Gasteiger partial charge in [0.2, 0.25) is 5.52 Å². The van der Waals surface area contributed by atoms with Gasteiger partial charge >= 0.3 is 25.9 Å². The van der Waals surface area contributed by atoms with Crippen molar-refractivity contribution < 1.29 is 50.9 Å². The molecule has 41 heavy (non-hydrogen) atoms. The number of halogens is 1. The van der Waals surface area contributed by atoms with Crippen LogP contribution in [-0.4, -0.2) is 78.1 Å². The van der Waals surface area contributed by atoms with Crippen molar-refractivity contribution in [1.82, 2.24) is 24.5 Å². The number of ether oxygens (including phenoxy) is 2. The van der Waals surface area contributed by atoms with E-state index in [9.17, 15) is 23.9 Å². The average molecular weight is 638 g/mol. The van der Waals surface area contributed by atoms with E-state index in [2.05, 4.69) is 15.0 Å². The summed E-state index contributed by atoms with van der Waals surface area (Å²) in [7, 11) is -4.83. The number of nitrogens with one attached hydrogen (secondary N) is 2. The Hall–Kier alpha value is -2.48. The van der Waals surface area contributed by atoms with E-state index in [0.29, 0.717) is 11.2 Å². The van der Waals surface area contributed by atoms with Gasteiger partial charge in [0.05, 0.1) is 13.2 Å². The molecule has 3 aliphatic heterocycles. The van der Waals surface area contributed by atoms with E-state index in [4.69, 9.17) is 45.1 Å². The molecular weight excluding hydrogens is 615 g/mol. The van der Waals surface area contributed by atoms with Gasteiger partial charge in [-0.3, -0.25) is 32.9 Å². The first kappa shape index (κ1) is 28.6. The molecule has 0 aromatic carbocycles. The molecule has 0 amide bonds. The standard InChI is InChI=1S/C19H22FN7O11P2S/c20-13-15-10(36-18(13)26-2-1-11(28)25-19(26)29)5-33-39(30,31)37-8-3-12(35-9(8)4-34-40(32,41)38-15)27-7-24-14-16(21)22-6-23-17(14)27/h1-2,6-10,12-13,15,18H,3-5H2,(H5,21,22,23,25,28,29,30,31,32,41)/p+1. The first-order chi connectivity index (χ1) is 19.4. The van der Waals surface area contributed by atoms with Gasteiger partial charge in [-0.25, -0.2) is 18.3 Å². The van der Waals surface area contributed by atoms with Crippen LogP contribution < -0.4 is 21.5 Å². The Bertz CT molecular complexity index is 1690. The number of nitrogen functional groups attached to an aromatic ring is 1. The second-order valence-electron chi connectivity index (χ2n) is 9.27. The molecule has 9 unspecified atom stereocenters. The summed E-state index contributed by atoms with van der Waals surface area (Å²) < 4.78 is 63.7. The van der Waals surface area contributed by atoms with Gasteiger partial charge in [-0.1, -0.05) is 4.98 Å². The van der Waals surface area contributed by atoms with Gasteiger partial charge in [-0.15, -0.1) is 0 Å². The van der Waals surface area contributed by atoms with Crippen LogP contribution in [0.2, 0.25) is 0 Å². The number of fused-ring (bicyclic) bond motifs is 3. The second-order valence-corrected chi connectivity index (χ2v) is 13.5. The lowest BCUT2D eigenvalue weighted by Crippen LogP contribution is -2.39. The van der Waals surface area contributed by atoms with Crippen LogP contribution in [0.15, 0.2) is 34.5 Å². The van der Waals surface area contributed by atoms with Crippen LogP contribution in [0.1, 0.15) is 18.9 Å². The quantitative estimate of drug-likeness (QED) is 0.168. The highest BCUT2D eigenvalue weighted by Gasteiger charge is 2.52. The fourth-order valence-corrected chi connectivity index (χ4v) is 7.19. The normalized spacial score (nSPS) is 38.2. The maximum Gasteiger partial charge on any atom is 0.472 e. The lowest BCUT2D eigenvalue weighted by atomic mass is 10.1. The van der Waals surface area contributed by atoms with Crippen LogP contribution in [-0.2, 0) is 43.9 Å². The van der Waals surface area contributed by atoms with E-state index in [-0.39, 0.29) is 12.2 Å². The molecule has 0 aliphatic carbocycles. The molecule has 222 valence electrons. The van der Waals surface area contributed by atoms with Crippen molar-refractivity contribution in [2.75, 3.05) is 18.9 Å². The van der Waals surface area contributed by atoms with Crippen molar-refractivity contribution in [2.24, 2.45) is 0 Å². The van der Waals surface area contributed by atoms with Gasteiger partial charge < -0.3 is 29.5 Å². The molecule has 3 aromatic rings. The topological polar surface area (TPSA) is 239 Å². The first-order valence-corrected chi connectivity index (χ1v) is 16.1. The summed E-state index contributed by atoms with van der Waals surface area (Å²) in [5.41, 5.74) is 4.98. The zero-order valence-electron chi connectivity index (χ0n) is 20.6. The highest BCUT2D eigenvalue weighted by atomic mass is 32.5. The zero-order chi connectivity index (χ0) is 29.1. The predicted molar refractivity (Wildman–Crippen MR) is 135 cm³/mol. The molecule has 3 saturated heterocycles. The lowest BCUT2D eigenvalue weighted by molar-refractivity contribution is -0.738. The number of H-pyrrole nitrogens is 2. The van der Waals surface area contributed by atoms with Crippen molar-refractivity contribution in [3.8, 4) is 0 Å². The third kappa shape index (κ3) is 5.65. The molecular formula is C19H23FN7O11P2S+. The van der Waals surface area contributed by atoms with Crippen LogP contribution in [0.3, 0.4) is 0 Å². The molecule has 0 radical (unpaired) electrons. The largest absolute Gasteiger partial charge is 0.472 e. The van der Waals surface area contributed by atoms with Gasteiger partial charge in [0.1, 0.15) is 24.4 Å². The smallest absolute Gasteiger partial charge is 0.380 e. The van der Waals surface area contributed by atoms with Crippen LogP contribution in [0.4, 0.5) is 10.2 Å². The van der Waals surface area contributed by atoms with Crippen molar-refractivity contribution in [2.45, 2.75) is 49.5 Å². The highest BCUT2D eigenvalue weighted by molar-refractivity contribution is 8.07. The Balaban J connectivity index is 1.25. The lowest BCUT2D eigenvalue weighted by Gasteiger charge is -2.28. The maximum absolute atomic E-state index is 15.6. The number of hydrogen-bond acceptors (Lipinski definition) is 13. The van der Waals surface area contributed by atoms with E-state index < -0.39 is 82.0 Å². The molecule has 0 spiro atoms. The summed E-state index contributed by atoms with van der Waals surface area (Å²) in [4.78, 5) is 57.9. The van der Waals surface area contributed by atoms with Crippen molar-refractivity contribution in [3.63, 3.8) is 0 Å². The summed E-state index contributed by atoms with van der Waals surface area (Å²) in [5, 5.41) is 0. The Morgan fingerprint density at radius 1 is 1.15 bits per heavy atom. The van der Waals surface area contributed by atoms with Gasteiger partial charge in [-0.2, -0.15) is 4.98 Å². The van der Waals surface area contributed by atoms with Gasteiger partial charge in [-0.05, 0) is 11.8 Å². The van der Waals surface area contributed by atoms with Gasteiger partial charge in [0.25, 0.3) is 5.56 Å². The number of aromatic amines is 2. The third-order valence-corrected chi connectivity index (χ3v) is 9.23. The van der Waals surface area contributed by atoms with Crippen LogP contribution in [0.5, 0.6) is 0 Å². The maximum atomic E-state index is 15.6. The summed E-state index contributed by atoms with van der Waals surface area (Å²) in [6.45, 7) is -5.44. The van der Waals surface area contributed by atoms with E-state index in [1.165, 1.54) is 12.7 Å². The monoisotopic (exact) mass is 638 g/mol. The summed E-state index contributed by atoms with van der Waals surface area (Å²) in [6.07, 6.45) is -6.16. The number of aromatic nitrogens is 6. The van der Waals surface area contributed by atoms with E-state index in [0.717, 1.165) is 16.8 Å². The van der Waals surface area contributed by atoms with Crippen LogP contribution in [0.25, 0.3) is 11.2 Å². The van der Waals surface area contributed by atoms with Crippen LogP contribution >= 0.6 is 14.5 Å². The molecule has 0 bridgehead atoms. The molecule has 3 aromatic heterocycles. The fourth-order valence-electron chi connectivity index (χ4n) is 4.80. The summed E-state index contributed by atoms with van der Waals surface area (Å²) >= 11 is 5.09.